The van der Waals surface area contributed by atoms with Crippen molar-refractivity contribution in [3.05, 3.63) is 0 Å². The molecule has 1 aliphatic rings. The van der Waals surface area contributed by atoms with E-state index in [-0.39, 0.29) is 11.9 Å². The first-order valence-electron chi connectivity index (χ1n) is 3.20. The second-order valence-corrected chi connectivity index (χ2v) is 3.03. The number of aliphatic hydroxyl groups excluding tert-OH is 1. The average molecular weight is 130 g/mol. The van der Waals surface area contributed by atoms with E-state index in [1.165, 1.54) is 0 Å². The zero-order chi connectivity index (χ0) is 7.07. The van der Waals surface area contributed by atoms with Gasteiger partial charge in [0.15, 0.2) is 0 Å². The van der Waals surface area contributed by atoms with Crippen molar-refractivity contribution in [1.82, 2.24) is 10.2 Å². The van der Waals surface area contributed by atoms with Gasteiger partial charge in [-0.25, -0.2) is 0 Å². The van der Waals surface area contributed by atoms with E-state index in [0.717, 1.165) is 0 Å². The monoisotopic (exact) mass is 130 g/mol. The number of likely N-dealkylation sites (N-methyl/N-ethyl adjacent to an activating group) is 1. The number of aliphatic hydroxyl groups is 1. The van der Waals surface area contributed by atoms with Crippen molar-refractivity contribution in [2.24, 2.45) is 0 Å². The molecule has 1 fully saturated rings. The molecule has 0 aromatic rings. The van der Waals surface area contributed by atoms with Gasteiger partial charge in [-0.3, -0.25) is 10.2 Å². The number of rotatable bonds is 0. The molecule has 3 heteroatoms. The van der Waals surface area contributed by atoms with Gasteiger partial charge in [0, 0.05) is 6.54 Å². The molecule has 1 rings (SSSR count). The molecule has 0 spiro atoms. The van der Waals surface area contributed by atoms with E-state index in [1.807, 2.05) is 25.8 Å². The van der Waals surface area contributed by atoms with Gasteiger partial charge in [0.25, 0.3) is 0 Å². The SMILES string of the molecule is CN1C(O)CNC1(C)C. The molecule has 2 N–H and O–H groups in total. The van der Waals surface area contributed by atoms with Crippen molar-refractivity contribution in [1.29, 1.82) is 0 Å². The van der Waals surface area contributed by atoms with Crippen LogP contribution in [-0.4, -0.2) is 35.5 Å². The summed E-state index contributed by atoms with van der Waals surface area (Å²) in [6.07, 6.45) is -0.319. The highest BCUT2D eigenvalue weighted by molar-refractivity contribution is 4.85. The smallest absolute Gasteiger partial charge is 0.121 e. The fourth-order valence-corrected chi connectivity index (χ4v) is 0.975. The molecule has 3 nitrogen and oxygen atoms in total. The topological polar surface area (TPSA) is 35.5 Å². The molecule has 0 radical (unpaired) electrons. The summed E-state index contributed by atoms with van der Waals surface area (Å²) in [5, 5.41) is 12.4. The van der Waals surface area contributed by atoms with Crippen molar-refractivity contribution in [3.8, 4) is 0 Å². The largest absolute Gasteiger partial charge is 0.377 e. The Bertz CT molecular complexity index is 114. The normalized spacial score (nSPS) is 35.3. The summed E-state index contributed by atoms with van der Waals surface area (Å²) in [5.74, 6) is 0. The summed E-state index contributed by atoms with van der Waals surface area (Å²) in [6.45, 7) is 4.76. The third-order valence-corrected chi connectivity index (χ3v) is 2.05. The van der Waals surface area contributed by atoms with Crippen LogP contribution in [0.1, 0.15) is 13.8 Å². The second kappa shape index (κ2) is 1.94. The molecular formula is C6H14N2O. The lowest BCUT2D eigenvalue weighted by Crippen LogP contribution is -2.45. The molecule has 1 unspecified atom stereocenters. The molecule has 1 heterocycles. The first kappa shape index (κ1) is 6.99. The Morgan fingerprint density at radius 1 is 1.67 bits per heavy atom. The zero-order valence-electron chi connectivity index (χ0n) is 6.18. The number of hydrogen-bond donors (Lipinski definition) is 2. The minimum Gasteiger partial charge on any atom is -0.377 e. The summed E-state index contributed by atoms with van der Waals surface area (Å²) in [6, 6.07) is 0. The van der Waals surface area contributed by atoms with Crippen LogP contribution in [0.4, 0.5) is 0 Å². The van der Waals surface area contributed by atoms with Gasteiger partial charge >= 0.3 is 0 Å². The molecule has 0 saturated carbocycles. The summed E-state index contributed by atoms with van der Waals surface area (Å²) >= 11 is 0. The predicted molar refractivity (Wildman–Crippen MR) is 35.9 cm³/mol. The van der Waals surface area contributed by atoms with E-state index in [1.54, 1.807) is 0 Å². The van der Waals surface area contributed by atoms with Crippen LogP contribution in [0.5, 0.6) is 0 Å². The van der Waals surface area contributed by atoms with Crippen LogP contribution in [0.2, 0.25) is 0 Å². The fraction of sp³-hybridized carbons (Fsp3) is 1.00. The van der Waals surface area contributed by atoms with Gasteiger partial charge in [-0.15, -0.1) is 0 Å². The molecule has 0 aromatic heterocycles. The lowest BCUT2D eigenvalue weighted by atomic mass is 10.2. The van der Waals surface area contributed by atoms with Crippen molar-refractivity contribution in [2.45, 2.75) is 25.7 Å². The summed E-state index contributed by atoms with van der Waals surface area (Å²) in [5.41, 5.74) is -0.0422. The van der Waals surface area contributed by atoms with E-state index < -0.39 is 0 Å². The van der Waals surface area contributed by atoms with Gasteiger partial charge in [-0.1, -0.05) is 0 Å². The molecular weight excluding hydrogens is 116 g/mol. The van der Waals surface area contributed by atoms with Crippen LogP contribution in [-0.2, 0) is 0 Å². The highest BCUT2D eigenvalue weighted by atomic mass is 16.3. The molecule has 0 aliphatic carbocycles. The van der Waals surface area contributed by atoms with Gasteiger partial charge in [0.2, 0.25) is 0 Å². The number of nitrogens with zero attached hydrogens (tertiary/aromatic N) is 1. The van der Waals surface area contributed by atoms with Gasteiger partial charge < -0.3 is 5.11 Å². The van der Waals surface area contributed by atoms with Crippen LogP contribution in [0, 0.1) is 0 Å². The highest BCUT2D eigenvalue weighted by Crippen LogP contribution is 2.16. The van der Waals surface area contributed by atoms with Crippen molar-refractivity contribution in [2.75, 3.05) is 13.6 Å². The average Bonchev–Trinajstić information content (AvgIpc) is 1.97. The number of hydrogen-bond acceptors (Lipinski definition) is 3. The zero-order valence-corrected chi connectivity index (χ0v) is 6.18. The fourth-order valence-electron chi connectivity index (χ4n) is 0.975. The first-order chi connectivity index (χ1) is 4.04. The molecule has 0 aromatic carbocycles. The Morgan fingerprint density at radius 2 is 2.22 bits per heavy atom. The Morgan fingerprint density at radius 3 is 2.33 bits per heavy atom. The molecule has 1 aliphatic heterocycles. The Kier molecular flexibility index (Phi) is 1.50. The van der Waals surface area contributed by atoms with Gasteiger partial charge in [-0.05, 0) is 20.9 Å². The van der Waals surface area contributed by atoms with Crippen molar-refractivity contribution >= 4 is 0 Å². The molecule has 1 atom stereocenters. The number of β-amino-alcohol motifs (C(OH)–C–C–N with tert-alkyl or cyclic N) is 1. The maximum absolute atomic E-state index is 9.20. The van der Waals surface area contributed by atoms with Crippen LogP contribution >= 0.6 is 0 Å². The Balaban J connectivity index is 2.62. The van der Waals surface area contributed by atoms with Crippen LogP contribution in [0.3, 0.4) is 0 Å². The highest BCUT2D eigenvalue weighted by Gasteiger charge is 2.34. The third kappa shape index (κ3) is 1.08. The van der Waals surface area contributed by atoms with E-state index in [9.17, 15) is 5.11 Å². The van der Waals surface area contributed by atoms with Crippen LogP contribution < -0.4 is 5.32 Å². The quantitative estimate of drug-likeness (QED) is 0.467. The van der Waals surface area contributed by atoms with Gasteiger partial charge in [-0.2, -0.15) is 0 Å². The lowest BCUT2D eigenvalue weighted by Gasteiger charge is -2.28. The van der Waals surface area contributed by atoms with Crippen LogP contribution in [0.15, 0.2) is 0 Å². The maximum atomic E-state index is 9.20. The standard InChI is InChI=1S/C6H14N2O/c1-6(2)7-4-5(9)8(6)3/h5,7,9H,4H2,1-3H3. The maximum Gasteiger partial charge on any atom is 0.121 e. The molecule has 0 amide bonds. The Labute approximate surface area is 55.7 Å². The third-order valence-electron chi connectivity index (χ3n) is 2.05. The number of nitrogens with one attached hydrogen (secondary N) is 1. The lowest BCUT2D eigenvalue weighted by molar-refractivity contribution is 0.0177. The van der Waals surface area contributed by atoms with Crippen molar-refractivity contribution < 1.29 is 5.11 Å². The first-order valence-corrected chi connectivity index (χ1v) is 3.20. The van der Waals surface area contributed by atoms with E-state index in [4.69, 9.17) is 0 Å². The second-order valence-electron chi connectivity index (χ2n) is 3.03. The van der Waals surface area contributed by atoms with E-state index in [0.29, 0.717) is 6.54 Å². The molecule has 9 heavy (non-hydrogen) atoms. The minimum absolute atomic E-state index is 0.0422. The Hall–Kier alpha value is -0.120. The minimum atomic E-state index is -0.319. The summed E-state index contributed by atoms with van der Waals surface area (Å²) < 4.78 is 0. The van der Waals surface area contributed by atoms with Crippen LogP contribution in [0.25, 0.3) is 0 Å². The van der Waals surface area contributed by atoms with Crippen molar-refractivity contribution in [3.63, 3.8) is 0 Å². The molecule has 1 saturated heterocycles. The van der Waals surface area contributed by atoms with E-state index >= 15 is 0 Å². The molecule has 0 bridgehead atoms. The van der Waals surface area contributed by atoms with Gasteiger partial charge in [0.05, 0.1) is 5.66 Å². The predicted octanol–water partition coefficient (Wildman–Crippen LogP) is -0.424. The molecule has 54 valence electrons. The van der Waals surface area contributed by atoms with Gasteiger partial charge in [0.1, 0.15) is 6.23 Å². The van der Waals surface area contributed by atoms with E-state index in [2.05, 4.69) is 5.32 Å². The summed E-state index contributed by atoms with van der Waals surface area (Å²) in [7, 11) is 1.91. The summed E-state index contributed by atoms with van der Waals surface area (Å²) in [4.78, 5) is 1.91.